The highest BCUT2D eigenvalue weighted by Crippen LogP contribution is 2.34. The van der Waals surface area contributed by atoms with Gasteiger partial charge in [0.2, 0.25) is 11.7 Å². The highest BCUT2D eigenvalue weighted by molar-refractivity contribution is 7.90. The molecule has 0 atom stereocenters. The van der Waals surface area contributed by atoms with Gasteiger partial charge in [-0.2, -0.15) is 18.3 Å². The maximum atomic E-state index is 12.8. The second kappa shape index (κ2) is 11.0. The predicted octanol–water partition coefficient (Wildman–Crippen LogP) is 4.79. The number of carboxylic acids is 1. The highest BCUT2D eigenvalue weighted by atomic mass is 35.5. The van der Waals surface area contributed by atoms with Crippen molar-refractivity contribution in [2.24, 2.45) is 7.05 Å². The van der Waals surface area contributed by atoms with Gasteiger partial charge in [0.15, 0.2) is 15.6 Å². The summed E-state index contributed by atoms with van der Waals surface area (Å²) >= 11 is 11.4. The van der Waals surface area contributed by atoms with Crippen molar-refractivity contribution >= 4 is 44.8 Å². The number of rotatable bonds is 5. The number of carboxylic acid groups (broad SMARTS) is 1. The minimum atomic E-state index is -4.76. The van der Waals surface area contributed by atoms with Crippen LogP contribution in [0.4, 0.5) is 13.2 Å². The van der Waals surface area contributed by atoms with E-state index in [0.29, 0.717) is 18.4 Å². The van der Waals surface area contributed by atoms with Crippen LogP contribution >= 0.6 is 23.2 Å². The van der Waals surface area contributed by atoms with E-state index in [9.17, 15) is 36.3 Å². The van der Waals surface area contributed by atoms with Crippen molar-refractivity contribution in [2.75, 3.05) is 13.4 Å². The summed E-state index contributed by atoms with van der Waals surface area (Å²) in [6.45, 7) is 1.41. The molecule has 37 heavy (non-hydrogen) atoms. The van der Waals surface area contributed by atoms with Crippen molar-refractivity contribution in [2.45, 2.75) is 18.0 Å². The van der Waals surface area contributed by atoms with E-state index in [4.69, 9.17) is 33.0 Å². The Balaban J connectivity index is 0.000000312. The van der Waals surface area contributed by atoms with Crippen LogP contribution in [0.3, 0.4) is 0 Å². The Hall–Kier alpha value is -3.29. The van der Waals surface area contributed by atoms with Gasteiger partial charge >= 0.3 is 12.1 Å². The number of sulfone groups is 1. The van der Waals surface area contributed by atoms with E-state index in [1.165, 1.54) is 33.2 Å². The Kier molecular flexibility index (Phi) is 8.89. The van der Waals surface area contributed by atoms with Gasteiger partial charge in [0.25, 0.3) is 0 Å². The van der Waals surface area contributed by atoms with Crippen molar-refractivity contribution in [3.8, 4) is 11.6 Å². The fourth-order valence-corrected chi connectivity index (χ4v) is 4.54. The van der Waals surface area contributed by atoms with Gasteiger partial charge in [0.1, 0.15) is 11.1 Å². The molecular weight excluding hydrogens is 564 g/mol. The number of aromatic nitrogens is 2. The Morgan fingerprint density at radius 3 is 2.05 bits per heavy atom. The summed E-state index contributed by atoms with van der Waals surface area (Å²) in [6, 6.07) is 4.70. The van der Waals surface area contributed by atoms with Gasteiger partial charge in [-0.05, 0) is 37.3 Å². The third kappa shape index (κ3) is 6.53. The Morgan fingerprint density at radius 2 is 1.65 bits per heavy atom. The first-order valence-corrected chi connectivity index (χ1v) is 12.5. The number of hydrogen-bond donors (Lipinski definition) is 2. The van der Waals surface area contributed by atoms with Gasteiger partial charge in [-0.3, -0.25) is 4.79 Å². The van der Waals surface area contributed by atoms with E-state index in [1.54, 1.807) is 0 Å². The molecule has 0 aliphatic carbocycles. The second-order valence-corrected chi connectivity index (χ2v) is 10.3. The third-order valence-electron chi connectivity index (χ3n) is 4.85. The van der Waals surface area contributed by atoms with E-state index in [-0.39, 0.29) is 32.6 Å². The molecule has 3 aromatic rings. The first-order chi connectivity index (χ1) is 16.9. The average molecular weight is 583 g/mol. The maximum absolute atomic E-state index is 12.8. The molecule has 0 unspecified atom stereocenters. The maximum Gasteiger partial charge on any atom is 0.416 e. The van der Waals surface area contributed by atoms with Crippen molar-refractivity contribution < 1.29 is 46.1 Å². The molecule has 0 saturated carbocycles. The fraction of sp³-hybridized carbons (Fsp3) is 0.227. The van der Waals surface area contributed by atoms with Gasteiger partial charge in [-0.25, -0.2) is 17.9 Å². The lowest BCUT2D eigenvalue weighted by Crippen LogP contribution is -2.13. The van der Waals surface area contributed by atoms with Crippen LogP contribution in [0.15, 0.2) is 35.2 Å². The normalized spacial score (nSPS) is 11.5. The summed E-state index contributed by atoms with van der Waals surface area (Å²) in [7, 11) is -1.42. The van der Waals surface area contributed by atoms with Crippen LogP contribution in [0.1, 0.15) is 37.5 Å². The molecule has 1 heterocycles. The summed E-state index contributed by atoms with van der Waals surface area (Å²) in [6.07, 6.45) is -4.05. The molecular formula is C22H19Cl2F3N2O7S. The van der Waals surface area contributed by atoms with E-state index in [0.717, 1.165) is 10.7 Å². The summed E-state index contributed by atoms with van der Waals surface area (Å²) < 4.78 is 67.9. The van der Waals surface area contributed by atoms with Crippen LogP contribution in [-0.2, 0) is 23.1 Å². The van der Waals surface area contributed by atoms with E-state index in [1.807, 2.05) is 0 Å². The van der Waals surface area contributed by atoms with E-state index < -0.39 is 49.7 Å². The van der Waals surface area contributed by atoms with Gasteiger partial charge in [0.05, 0.1) is 33.3 Å². The van der Waals surface area contributed by atoms with Crippen LogP contribution in [-0.4, -0.2) is 53.5 Å². The lowest BCUT2D eigenvalue weighted by molar-refractivity contribution is -0.137. The number of aromatic hydroxyl groups is 1. The minimum absolute atomic E-state index is 0.0849. The molecule has 0 aliphatic heterocycles. The lowest BCUT2D eigenvalue weighted by atomic mass is 10.0. The van der Waals surface area contributed by atoms with Crippen molar-refractivity contribution in [3.05, 3.63) is 68.3 Å². The van der Waals surface area contributed by atoms with E-state index >= 15 is 0 Å². The largest absolute Gasteiger partial charge is 0.494 e. The number of carbonyl (C=O) groups is 2. The number of hydrogen-bond acceptors (Lipinski definition) is 7. The quantitative estimate of drug-likeness (QED) is 0.410. The number of nitrogens with zero attached hydrogens (tertiary/aromatic N) is 2. The topological polar surface area (TPSA) is 136 Å². The smallest absolute Gasteiger partial charge is 0.416 e. The minimum Gasteiger partial charge on any atom is -0.494 e. The molecule has 0 fully saturated rings. The monoisotopic (exact) mass is 582 g/mol. The molecule has 0 amide bonds. The number of benzene rings is 2. The van der Waals surface area contributed by atoms with Crippen LogP contribution in [0, 0.1) is 6.92 Å². The number of ether oxygens (including phenoxy) is 1. The molecule has 0 spiro atoms. The molecule has 3 rings (SSSR count). The predicted molar refractivity (Wildman–Crippen MR) is 128 cm³/mol. The van der Waals surface area contributed by atoms with E-state index in [2.05, 4.69) is 5.10 Å². The van der Waals surface area contributed by atoms with Gasteiger partial charge in [-0.1, -0.05) is 23.2 Å². The van der Waals surface area contributed by atoms with Crippen molar-refractivity contribution in [1.29, 1.82) is 0 Å². The van der Waals surface area contributed by atoms with Gasteiger partial charge in [0, 0.05) is 18.9 Å². The Labute approximate surface area is 218 Å². The van der Waals surface area contributed by atoms with Crippen molar-refractivity contribution in [1.82, 2.24) is 9.78 Å². The molecule has 2 N–H and O–H groups in total. The average Bonchev–Trinajstić information content (AvgIpc) is 3.04. The summed E-state index contributed by atoms with van der Waals surface area (Å²) in [5.74, 6) is -2.50. The molecule has 200 valence electrons. The lowest BCUT2D eigenvalue weighted by Gasteiger charge is -2.12. The molecule has 9 nitrogen and oxygen atoms in total. The zero-order chi connectivity index (χ0) is 28.5. The molecule has 0 saturated heterocycles. The molecule has 0 aliphatic rings. The summed E-state index contributed by atoms with van der Waals surface area (Å²) in [5, 5.41) is 22.8. The number of methoxy groups -OCH3 is 1. The van der Waals surface area contributed by atoms with Crippen molar-refractivity contribution in [3.63, 3.8) is 0 Å². The summed E-state index contributed by atoms with van der Waals surface area (Å²) in [4.78, 5) is 22.5. The van der Waals surface area contributed by atoms with Gasteiger partial charge < -0.3 is 14.9 Å². The Morgan fingerprint density at radius 1 is 1.08 bits per heavy atom. The molecule has 1 aromatic heterocycles. The second-order valence-electron chi connectivity index (χ2n) is 7.46. The third-order valence-corrected chi connectivity index (χ3v) is 6.60. The zero-order valence-corrected chi connectivity index (χ0v) is 21.8. The van der Waals surface area contributed by atoms with Gasteiger partial charge in [-0.15, -0.1) is 0 Å². The van der Waals surface area contributed by atoms with Crippen LogP contribution in [0.5, 0.6) is 11.6 Å². The SMILES string of the molecule is COc1c(Cl)ccc(Cl)c1C(=O)O.Cc1nn(C)c(O)c1C(=O)c1ccc(C(F)(F)F)cc1S(C)(=O)=O. The number of ketones is 1. The standard InChI is InChI=1S/C14H13F3N2O4S.C8H6Cl2O3/c1-7-11(13(21)19(2)18-7)12(20)9-5-4-8(14(15,16)17)6-10(9)24(3,22)23;1-13-7-5(10)3-2-4(9)6(7)8(11)12/h4-6,21H,1-3H3;2-3H,1H3,(H,11,12). The number of carbonyl (C=O) groups excluding carboxylic acids is 1. The molecule has 15 heteroatoms. The van der Waals surface area contributed by atoms with Crippen LogP contribution in [0.2, 0.25) is 10.0 Å². The number of halogens is 5. The Bertz CT molecular complexity index is 1490. The highest BCUT2D eigenvalue weighted by Gasteiger charge is 2.34. The molecule has 0 radical (unpaired) electrons. The first-order valence-electron chi connectivity index (χ1n) is 9.85. The molecule has 0 bridgehead atoms. The number of aryl methyl sites for hydroxylation is 2. The van der Waals surface area contributed by atoms with Crippen LogP contribution < -0.4 is 4.74 Å². The number of alkyl halides is 3. The molecule has 2 aromatic carbocycles. The van der Waals surface area contributed by atoms with Crippen LogP contribution in [0.25, 0.3) is 0 Å². The number of aromatic carboxylic acids is 1. The summed E-state index contributed by atoms with van der Waals surface area (Å²) in [5.41, 5.74) is -1.90. The fourth-order valence-electron chi connectivity index (χ4n) is 3.17. The first kappa shape index (κ1) is 29.9. The zero-order valence-electron chi connectivity index (χ0n) is 19.5.